The van der Waals surface area contributed by atoms with Gasteiger partial charge >= 0.3 is 0 Å². The molecule has 0 aromatic heterocycles. The average molecular weight is 534 g/mol. The second-order valence-electron chi connectivity index (χ2n) is 9.09. The zero-order chi connectivity index (χ0) is 25.5. The quantitative estimate of drug-likeness (QED) is 0.458. The van der Waals surface area contributed by atoms with Crippen LogP contribution in [0.5, 0.6) is 0 Å². The monoisotopic (exact) mass is 533 g/mol. The Bertz CT molecular complexity index is 1010. The van der Waals surface area contributed by atoms with Gasteiger partial charge in [0.05, 0.1) is 19.8 Å². The van der Waals surface area contributed by atoms with Crippen LogP contribution in [0.4, 0.5) is 0 Å². The van der Waals surface area contributed by atoms with Crippen molar-refractivity contribution in [1.82, 2.24) is 14.9 Å². The Kier molecular flexibility index (Phi) is 9.62. The van der Waals surface area contributed by atoms with Crippen molar-refractivity contribution in [3.63, 3.8) is 0 Å². The molecule has 2 aromatic rings. The Morgan fingerprint density at radius 3 is 2.22 bits per heavy atom. The van der Waals surface area contributed by atoms with Gasteiger partial charge in [0.2, 0.25) is 5.91 Å². The zero-order valence-electron chi connectivity index (χ0n) is 20.6. The summed E-state index contributed by atoms with van der Waals surface area (Å²) in [6, 6.07) is 14.3. The summed E-state index contributed by atoms with van der Waals surface area (Å²) in [6.07, 6.45) is 1.56. The molecule has 4 rings (SSSR count). The highest BCUT2D eigenvalue weighted by Gasteiger charge is 2.43. The van der Waals surface area contributed by atoms with E-state index in [1.807, 2.05) is 36.4 Å². The molecule has 2 aliphatic rings. The fourth-order valence-electron chi connectivity index (χ4n) is 4.66. The zero-order valence-corrected chi connectivity index (χ0v) is 22.1. The van der Waals surface area contributed by atoms with Gasteiger partial charge in [-0.1, -0.05) is 60.8 Å². The summed E-state index contributed by atoms with van der Waals surface area (Å²) in [5, 5.41) is 4.50. The summed E-state index contributed by atoms with van der Waals surface area (Å²) in [5.41, 5.74) is 1.72. The molecule has 2 amide bonds. The van der Waals surface area contributed by atoms with E-state index in [9.17, 15) is 9.59 Å². The minimum atomic E-state index is -0.542. The van der Waals surface area contributed by atoms with Crippen LogP contribution in [0.2, 0.25) is 10.0 Å². The second-order valence-corrected chi connectivity index (χ2v) is 9.97. The highest BCUT2D eigenvalue weighted by Crippen LogP contribution is 2.41. The Morgan fingerprint density at radius 1 is 1.00 bits per heavy atom. The molecule has 0 N–H and O–H groups in total. The third-order valence-electron chi connectivity index (χ3n) is 6.63. The highest BCUT2D eigenvalue weighted by atomic mass is 35.5. The summed E-state index contributed by atoms with van der Waals surface area (Å²) in [4.78, 5) is 29.3. The van der Waals surface area contributed by atoms with Crippen LogP contribution in [0.15, 0.2) is 48.5 Å². The molecule has 2 heterocycles. The molecule has 2 aromatic carbocycles. The van der Waals surface area contributed by atoms with Crippen molar-refractivity contribution in [2.24, 2.45) is 0 Å². The molecular weight excluding hydrogens is 501 g/mol. The normalized spacial score (nSPS) is 21.0. The molecule has 0 aliphatic carbocycles. The number of hydrogen-bond donors (Lipinski definition) is 0. The SMILES string of the molecule is CCCCC(=O)N(CCN1CCOCC1)N1C(=O)CO[C@@H](c2ccc(Cl)cc2)[C@H]1c1ccc(Cl)cc1. The first kappa shape index (κ1) is 26.9. The van der Waals surface area contributed by atoms with Gasteiger partial charge in [-0.2, -0.15) is 0 Å². The van der Waals surface area contributed by atoms with Gasteiger partial charge in [-0.25, -0.2) is 10.0 Å². The first-order valence-electron chi connectivity index (χ1n) is 12.5. The molecule has 0 radical (unpaired) electrons. The molecule has 2 atom stereocenters. The third kappa shape index (κ3) is 6.58. The number of nitrogens with zero attached hydrogens (tertiary/aromatic N) is 3. The largest absolute Gasteiger partial charge is 0.379 e. The lowest BCUT2D eigenvalue weighted by Crippen LogP contribution is -2.58. The van der Waals surface area contributed by atoms with Crippen molar-refractivity contribution >= 4 is 35.0 Å². The summed E-state index contributed by atoms with van der Waals surface area (Å²) in [7, 11) is 0. The molecule has 194 valence electrons. The number of amides is 2. The summed E-state index contributed by atoms with van der Waals surface area (Å²) >= 11 is 12.3. The first-order chi connectivity index (χ1) is 17.5. The second kappa shape index (κ2) is 12.9. The molecule has 0 bridgehead atoms. The molecule has 9 heteroatoms. The van der Waals surface area contributed by atoms with E-state index in [1.54, 1.807) is 22.2 Å². The number of halogens is 2. The summed E-state index contributed by atoms with van der Waals surface area (Å²) in [5.74, 6) is -0.304. The van der Waals surface area contributed by atoms with Gasteiger partial charge in [0.1, 0.15) is 18.8 Å². The lowest BCUT2D eigenvalue weighted by atomic mass is 9.93. The number of unbranched alkanes of at least 4 members (excludes halogenated alkanes) is 1. The Balaban J connectivity index is 1.71. The Labute approximate surface area is 222 Å². The lowest BCUT2D eigenvalue weighted by Gasteiger charge is -2.47. The van der Waals surface area contributed by atoms with Crippen molar-refractivity contribution in [2.45, 2.75) is 38.3 Å². The standard InChI is InChI=1S/C27H33Cl2N3O4/c1-2-3-4-24(33)31(14-13-30-15-17-35-18-16-30)32-25(34)19-36-27(21-7-11-23(29)12-8-21)26(32)20-5-9-22(28)10-6-20/h5-12,26-27H,2-4,13-19H2,1H3/t26-,27+/m1/s1. The molecule has 2 fully saturated rings. The molecule has 2 aliphatic heterocycles. The maximum Gasteiger partial charge on any atom is 0.267 e. The van der Waals surface area contributed by atoms with E-state index in [4.69, 9.17) is 32.7 Å². The van der Waals surface area contributed by atoms with Crippen LogP contribution in [0.25, 0.3) is 0 Å². The van der Waals surface area contributed by atoms with Crippen molar-refractivity contribution in [3.8, 4) is 0 Å². The predicted molar refractivity (Wildman–Crippen MR) is 140 cm³/mol. The number of hydrogen-bond acceptors (Lipinski definition) is 5. The number of morpholine rings is 2. The maximum atomic E-state index is 13.5. The van der Waals surface area contributed by atoms with Crippen molar-refractivity contribution in [2.75, 3.05) is 46.0 Å². The van der Waals surface area contributed by atoms with Crippen LogP contribution in [0.1, 0.15) is 49.5 Å². The van der Waals surface area contributed by atoms with Crippen LogP contribution in [0.3, 0.4) is 0 Å². The van der Waals surface area contributed by atoms with Crippen LogP contribution < -0.4 is 0 Å². The van der Waals surface area contributed by atoms with Gasteiger partial charge in [0.25, 0.3) is 5.91 Å². The van der Waals surface area contributed by atoms with Gasteiger partial charge in [0.15, 0.2) is 0 Å². The van der Waals surface area contributed by atoms with Crippen LogP contribution >= 0.6 is 23.2 Å². The third-order valence-corrected chi connectivity index (χ3v) is 7.13. The number of hydrazine groups is 1. The van der Waals surface area contributed by atoms with Crippen molar-refractivity contribution in [1.29, 1.82) is 0 Å². The molecular formula is C27H33Cl2N3O4. The molecule has 7 nitrogen and oxygen atoms in total. The van der Waals surface area contributed by atoms with E-state index in [2.05, 4.69) is 11.8 Å². The lowest BCUT2D eigenvalue weighted by molar-refractivity contribution is -0.197. The minimum absolute atomic E-state index is 0.0609. The van der Waals surface area contributed by atoms with Gasteiger partial charge in [-0.05, 0) is 41.8 Å². The van der Waals surface area contributed by atoms with Gasteiger partial charge < -0.3 is 9.47 Å². The van der Waals surface area contributed by atoms with E-state index >= 15 is 0 Å². The molecule has 0 saturated carbocycles. The molecule has 0 unspecified atom stereocenters. The number of ether oxygens (including phenoxy) is 2. The van der Waals surface area contributed by atoms with Crippen LogP contribution in [-0.4, -0.2) is 72.7 Å². The van der Waals surface area contributed by atoms with Crippen molar-refractivity contribution in [3.05, 3.63) is 69.7 Å². The predicted octanol–water partition coefficient (Wildman–Crippen LogP) is 4.90. The Morgan fingerprint density at radius 2 is 1.61 bits per heavy atom. The summed E-state index contributed by atoms with van der Waals surface area (Å²) in [6.45, 7) is 5.96. The minimum Gasteiger partial charge on any atom is -0.379 e. The van der Waals surface area contributed by atoms with Crippen molar-refractivity contribution < 1.29 is 19.1 Å². The number of benzene rings is 2. The average Bonchev–Trinajstić information content (AvgIpc) is 2.90. The summed E-state index contributed by atoms with van der Waals surface area (Å²) < 4.78 is 11.6. The van der Waals surface area contributed by atoms with E-state index in [0.717, 1.165) is 37.1 Å². The molecule has 0 spiro atoms. The van der Waals surface area contributed by atoms with Gasteiger partial charge in [-0.15, -0.1) is 0 Å². The smallest absolute Gasteiger partial charge is 0.267 e. The van der Waals surface area contributed by atoms with Gasteiger partial charge in [-0.3, -0.25) is 14.5 Å². The maximum absolute atomic E-state index is 13.5. The Hall–Kier alpha value is -2.16. The highest BCUT2D eigenvalue weighted by molar-refractivity contribution is 6.30. The van der Waals surface area contributed by atoms with Gasteiger partial charge in [0, 0.05) is 36.1 Å². The molecule has 36 heavy (non-hydrogen) atoms. The van der Waals surface area contributed by atoms with E-state index in [-0.39, 0.29) is 18.4 Å². The number of carbonyl (C=O) groups is 2. The first-order valence-corrected chi connectivity index (χ1v) is 13.3. The fraction of sp³-hybridized carbons (Fsp3) is 0.481. The van der Waals surface area contributed by atoms with E-state index in [0.29, 0.717) is 42.8 Å². The fourth-order valence-corrected chi connectivity index (χ4v) is 4.92. The van der Waals surface area contributed by atoms with Crippen LogP contribution in [0, 0.1) is 0 Å². The van der Waals surface area contributed by atoms with Crippen LogP contribution in [-0.2, 0) is 19.1 Å². The topological polar surface area (TPSA) is 62.3 Å². The van der Waals surface area contributed by atoms with E-state index < -0.39 is 12.1 Å². The number of rotatable bonds is 9. The molecule has 2 saturated heterocycles. The van der Waals surface area contributed by atoms with E-state index in [1.165, 1.54) is 0 Å². The number of carbonyl (C=O) groups excluding carboxylic acids is 2.